The topological polar surface area (TPSA) is 31.9 Å². The predicted octanol–water partition coefficient (Wildman–Crippen LogP) is 6.05. The average molecular weight is 418 g/mol. The number of aromatic nitrogens is 2. The number of nitrogens with one attached hydrogen (secondary N) is 1. The molecule has 4 heteroatoms. The number of hydrogen-bond donors (Lipinski definition) is 1. The van der Waals surface area contributed by atoms with Gasteiger partial charge >= 0.3 is 0 Å². The molecule has 0 saturated carbocycles. The molecule has 134 valence electrons. The summed E-state index contributed by atoms with van der Waals surface area (Å²) in [5.74, 6) is 0. The van der Waals surface area contributed by atoms with Gasteiger partial charge in [-0.1, -0.05) is 70.5 Å². The van der Waals surface area contributed by atoms with E-state index in [1.165, 1.54) is 22.4 Å². The van der Waals surface area contributed by atoms with Crippen molar-refractivity contribution in [1.82, 2.24) is 9.97 Å². The van der Waals surface area contributed by atoms with Gasteiger partial charge in [-0.2, -0.15) is 0 Å². The van der Waals surface area contributed by atoms with E-state index < -0.39 is 0 Å². The van der Waals surface area contributed by atoms with Gasteiger partial charge in [0.05, 0.1) is 18.6 Å². The molecule has 0 unspecified atom stereocenters. The second-order valence-corrected chi connectivity index (χ2v) is 7.39. The van der Waals surface area contributed by atoms with E-state index in [1.807, 2.05) is 12.3 Å². The lowest BCUT2D eigenvalue weighted by Crippen LogP contribution is -2.22. The van der Waals surface area contributed by atoms with E-state index in [1.54, 1.807) is 6.33 Å². The zero-order valence-corrected chi connectivity index (χ0v) is 16.4. The summed E-state index contributed by atoms with van der Waals surface area (Å²) in [6.45, 7) is 1.61. The Hall–Kier alpha value is -2.85. The molecule has 0 atom stereocenters. The highest BCUT2D eigenvalue weighted by molar-refractivity contribution is 9.10. The van der Waals surface area contributed by atoms with E-state index in [0.29, 0.717) is 0 Å². The van der Waals surface area contributed by atoms with Crippen LogP contribution in [0.2, 0.25) is 0 Å². The van der Waals surface area contributed by atoms with Crippen LogP contribution in [-0.4, -0.2) is 9.97 Å². The molecule has 3 nitrogen and oxygen atoms in total. The molecule has 0 aliphatic heterocycles. The zero-order valence-electron chi connectivity index (χ0n) is 14.8. The average Bonchev–Trinajstić information content (AvgIpc) is 3.23. The van der Waals surface area contributed by atoms with Gasteiger partial charge in [0.25, 0.3) is 0 Å². The van der Waals surface area contributed by atoms with Crippen LogP contribution >= 0.6 is 15.9 Å². The van der Waals surface area contributed by atoms with E-state index in [-0.39, 0.29) is 0 Å². The van der Waals surface area contributed by atoms with Crippen molar-refractivity contribution in [3.05, 3.63) is 107 Å². The highest BCUT2D eigenvalue weighted by Gasteiger charge is 2.10. The monoisotopic (exact) mass is 417 g/mol. The SMILES string of the molecule is Brc1ccc(N(Cc2ccc(-c3ccccc3)cc2)Cc2cnc[nH]2)cc1. The number of anilines is 1. The number of rotatable bonds is 6. The molecule has 3 aromatic carbocycles. The summed E-state index contributed by atoms with van der Waals surface area (Å²) in [5, 5.41) is 0. The van der Waals surface area contributed by atoms with Gasteiger partial charge in [0.2, 0.25) is 0 Å². The molecule has 0 aliphatic carbocycles. The largest absolute Gasteiger partial charge is 0.361 e. The maximum atomic E-state index is 4.15. The van der Waals surface area contributed by atoms with Crippen LogP contribution in [0.4, 0.5) is 5.69 Å². The summed E-state index contributed by atoms with van der Waals surface area (Å²) in [6, 6.07) is 27.7. The number of halogens is 1. The number of imidazole rings is 1. The molecule has 0 amide bonds. The molecular weight excluding hydrogens is 398 g/mol. The number of hydrogen-bond acceptors (Lipinski definition) is 2. The van der Waals surface area contributed by atoms with Crippen molar-refractivity contribution in [2.24, 2.45) is 0 Å². The molecule has 0 fully saturated rings. The van der Waals surface area contributed by atoms with Crippen LogP contribution in [-0.2, 0) is 13.1 Å². The van der Waals surface area contributed by atoms with Gasteiger partial charge in [0.15, 0.2) is 0 Å². The van der Waals surface area contributed by atoms with Crippen molar-refractivity contribution in [2.45, 2.75) is 13.1 Å². The molecule has 1 N–H and O–H groups in total. The number of aromatic amines is 1. The summed E-state index contributed by atoms with van der Waals surface area (Å²) in [5.41, 5.74) is 6.03. The van der Waals surface area contributed by atoms with Gasteiger partial charge in [-0.15, -0.1) is 0 Å². The van der Waals surface area contributed by atoms with Crippen LogP contribution in [0, 0.1) is 0 Å². The van der Waals surface area contributed by atoms with Gasteiger partial charge in [-0.25, -0.2) is 4.98 Å². The molecule has 0 saturated heterocycles. The molecule has 1 aromatic heterocycles. The minimum absolute atomic E-state index is 0.780. The fourth-order valence-corrected chi connectivity index (χ4v) is 3.39. The Morgan fingerprint density at radius 2 is 1.48 bits per heavy atom. The Morgan fingerprint density at radius 1 is 0.778 bits per heavy atom. The third-order valence-electron chi connectivity index (χ3n) is 4.54. The van der Waals surface area contributed by atoms with Crippen LogP contribution < -0.4 is 4.90 Å². The fourth-order valence-electron chi connectivity index (χ4n) is 3.12. The minimum Gasteiger partial charge on any atom is -0.361 e. The molecule has 4 rings (SSSR count). The van der Waals surface area contributed by atoms with Gasteiger partial charge < -0.3 is 9.88 Å². The Kier molecular flexibility index (Phi) is 5.35. The number of benzene rings is 3. The third kappa shape index (κ3) is 4.47. The van der Waals surface area contributed by atoms with Crippen LogP contribution in [0.25, 0.3) is 11.1 Å². The van der Waals surface area contributed by atoms with Crippen molar-refractivity contribution < 1.29 is 0 Å². The molecule has 27 heavy (non-hydrogen) atoms. The van der Waals surface area contributed by atoms with E-state index in [4.69, 9.17) is 0 Å². The second-order valence-electron chi connectivity index (χ2n) is 6.47. The predicted molar refractivity (Wildman–Crippen MR) is 114 cm³/mol. The van der Waals surface area contributed by atoms with E-state index in [9.17, 15) is 0 Å². The summed E-state index contributed by atoms with van der Waals surface area (Å²) >= 11 is 3.52. The first-order valence-electron chi connectivity index (χ1n) is 8.90. The first-order valence-corrected chi connectivity index (χ1v) is 9.69. The van der Waals surface area contributed by atoms with Crippen molar-refractivity contribution >= 4 is 21.6 Å². The summed E-state index contributed by atoms with van der Waals surface area (Å²) < 4.78 is 1.08. The van der Waals surface area contributed by atoms with Gasteiger partial charge in [-0.3, -0.25) is 0 Å². The standard InChI is InChI=1S/C23H20BrN3/c24-21-10-12-23(13-11-21)27(16-22-14-25-17-26-22)15-18-6-8-20(9-7-18)19-4-2-1-3-5-19/h1-14,17H,15-16H2,(H,25,26). The quantitative estimate of drug-likeness (QED) is 0.414. The molecule has 0 aliphatic rings. The molecular formula is C23H20BrN3. The first-order chi connectivity index (χ1) is 13.3. The Labute approximate surface area is 167 Å². The zero-order chi connectivity index (χ0) is 18.5. The summed E-state index contributed by atoms with van der Waals surface area (Å²) in [7, 11) is 0. The number of nitrogens with zero attached hydrogens (tertiary/aromatic N) is 2. The number of H-pyrrole nitrogens is 1. The van der Waals surface area contributed by atoms with E-state index in [0.717, 1.165) is 23.3 Å². The lowest BCUT2D eigenvalue weighted by molar-refractivity contribution is 0.785. The van der Waals surface area contributed by atoms with Gasteiger partial charge in [0, 0.05) is 22.9 Å². The van der Waals surface area contributed by atoms with Crippen LogP contribution in [0.1, 0.15) is 11.3 Å². The van der Waals surface area contributed by atoms with E-state index in [2.05, 4.69) is 104 Å². The molecule has 0 bridgehead atoms. The third-order valence-corrected chi connectivity index (χ3v) is 5.07. The Balaban J connectivity index is 1.56. The highest BCUT2D eigenvalue weighted by Crippen LogP contribution is 2.24. The smallest absolute Gasteiger partial charge is 0.0922 e. The minimum atomic E-state index is 0.780. The highest BCUT2D eigenvalue weighted by atomic mass is 79.9. The van der Waals surface area contributed by atoms with Crippen molar-refractivity contribution in [3.63, 3.8) is 0 Å². The summed E-state index contributed by atoms with van der Waals surface area (Å²) in [6.07, 6.45) is 3.61. The lowest BCUT2D eigenvalue weighted by atomic mass is 10.0. The fraction of sp³-hybridized carbons (Fsp3) is 0.0870. The molecule has 0 spiro atoms. The van der Waals surface area contributed by atoms with E-state index >= 15 is 0 Å². The Morgan fingerprint density at radius 3 is 2.15 bits per heavy atom. The maximum absolute atomic E-state index is 4.15. The molecule has 0 radical (unpaired) electrons. The van der Waals surface area contributed by atoms with Crippen molar-refractivity contribution in [3.8, 4) is 11.1 Å². The van der Waals surface area contributed by atoms with Crippen molar-refractivity contribution in [1.29, 1.82) is 0 Å². The normalized spacial score (nSPS) is 10.7. The van der Waals surface area contributed by atoms with Crippen LogP contribution in [0.15, 0.2) is 95.9 Å². The Bertz CT molecular complexity index is 963. The van der Waals surface area contributed by atoms with Crippen LogP contribution in [0.5, 0.6) is 0 Å². The molecule has 4 aromatic rings. The molecule has 1 heterocycles. The van der Waals surface area contributed by atoms with Gasteiger partial charge in [0.1, 0.15) is 0 Å². The lowest BCUT2D eigenvalue weighted by Gasteiger charge is -2.24. The summed E-state index contributed by atoms with van der Waals surface area (Å²) in [4.78, 5) is 9.69. The van der Waals surface area contributed by atoms with Crippen LogP contribution in [0.3, 0.4) is 0 Å². The van der Waals surface area contributed by atoms with Gasteiger partial charge in [-0.05, 0) is 41.0 Å². The first kappa shape index (κ1) is 17.6. The second kappa shape index (κ2) is 8.23. The van der Waals surface area contributed by atoms with Crippen molar-refractivity contribution in [2.75, 3.05) is 4.90 Å². The maximum Gasteiger partial charge on any atom is 0.0922 e.